The van der Waals surface area contributed by atoms with Gasteiger partial charge in [-0.2, -0.15) is 0 Å². The molecule has 1 unspecified atom stereocenters. The minimum Gasteiger partial charge on any atom is -0.345 e. The van der Waals surface area contributed by atoms with E-state index < -0.39 is 0 Å². The van der Waals surface area contributed by atoms with Gasteiger partial charge in [0, 0.05) is 17.6 Å². The number of hydrogen-bond acceptors (Lipinski definition) is 2. The number of amides is 1. The summed E-state index contributed by atoms with van der Waals surface area (Å²) in [5, 5.41) is 4.01. The zero-order valence-electron chi connectivity index (χ0n) is 15.5. The highest BCUT2D eigenvalue weighted by Crippen LogP contribution is 2.26. The van der Waals surface area contributed by atoms with Crippen LogP contribution in [0.2, 0.25) is 10.0 Å². The van der Waals surface area contributed by atoms with Crippen molar-refractivity contribution in [3.63, 3.8) is 0 Å². The largest absolute Gasteiger partial charge is 0.345 e. The molecule has 2 heterocycles. The first kappa shape index (κ1) is 19.5. The second-order valence-corrected chi connectivity index (χ2v) is 7.38. The van der Waals surface area contributed by atoms with E-state index in [2.05, 4.69) is 14.9 Å². The maximum atomic E-state index is 12.8. The fraction of sp³-hybridized carbons (Fsp3) is 0.238. The number of hydrogen-bond donors (Lipinski definition) is 1. The molecule has 2 aromatic heterocycles. The Bertz CT molecular complexity index is 967. The average molecular weight is 402 g/mol. The normalized spacial score (nSPS) is 12.0. The van der Waals surface area contributed by atoms with E-state index in [4.69, 9.17) is 23.2 Å². The van der Waals surface area contributed by atoms with Crippen molar-refractivity contribution in [2.24, 2.45) is 0 Å². The van der Waals surface area contributed by atoms with E-state index in [0.29, 0.717) is 22.2 Å². The third-order valence-corrected chi connectivity index (χ3v) is 5.39. The zero-order chi connectivity index (χ0) is 19.6. The molecular weight excluding hydrogens is 381 g/mol. The highest BCUT2D eigenvalue weighted by molar-refractivity contribution is 6.42. The lowest BCUT2D eigenvalue weighted by Gasteiger charge is -2.15. The minimum atomic E-state index is -0.189. The molecule has 0 aliphatic rings. The van der Waals surface area contributed by atoms with Crippen molar-refractivity contribution in [3.05, 3.63) is 86.9 Å². The molecule has 27 heavy (non-hydrogen) atoms. The number of carbonyl (C=O) groups is 1. The summed E-state index contributed by atoms with van der Waals surface area (Å²) >= 11 is 12.1. The third kappa shape index (κ3) is 4.34. The number of benzene rings is 1. The van der Waals surface area contributed by atoms with Crippen molar-refractivity contribution in [2.45, 2.75) is 33.4 Å². The van der Waals surface area contributed by atoms with Crippen LogP contribution >= 0.6 is 23.2 Å². The molecule has 0 radical (unpaired) electrons. The average Bonchev–Trinajstić information content (AvgIpc) is 2.93. The monoisotopic (exact) mass is 401 g/mol. The van der Waals surface area contributed by atoms with Gasteiger partial charge < -0.3 is 9.88 Å². The van der Waals surface area contributed by atoms with E-state index >= 15 is 0 Å². The molecule has 0 aliphatic carbocycles. The molecular formula is C21H21Cl2N3O. The molecule has 4 nitrogen and oxygen atoms in total. The summed E-state index contributed by atoms with van der Waals surface area (Å²) in [4.78, 5) is 17.2. The van der Waals surface area contributed by atoms with Crippen LogP contribution in [0.4, 0.5) is 0 Å². The number of pyridine rings is 1. The quantitative estimate of drug-likeness (QED) is 0.626. The Morgan fingerprint density at radius 2 is 1.93 bits per heavy atom. The number of halogens is 2. The summed E-state index contributed by atoms with van der Waals surface area (Å²) in [6.45, 7) is 6.50. The van der Waals surface area contributed by atoms with Crippen LogP contribution in [0.3, 0.4) is 0 Å². The van der Waals surface area contributed by atoms with Crippen LogP contribution in [0.5, 0.6) is 0 Å². The first-order valence-corrected chi connectivity index (χ1v) is 9.45. The van der Waals surface area contributed by atoms with Crippen LogP contribution in [0.25, 0.3) is 0 Å². The summed E-state index contributed by atoms with van der Waals surface area (Å²) < 4.78 is 2.10. The summed E-state index contributed by atoms with van der Waals surface area (Å²) in [6.07, 6.45) is 1.77. The topological polar surface area (TPSA) is 46.9 Å². The molecule has 3 rings (SSSR count). The highest BCUT2D eigenvalue weighted by Gasteiger charge is 2.18. The molecule has 140 valence electrons. The second kappa shape index (κ2) is 8.15. The van der Waals surface area contributed by atoms with Crippen LogP contribution in [0, 0.1) is 13.8 Å². The lowest BCUT2D eigenvalue weighted by Crippen LogP contribution is -2.27. The molecule has 0 saturated carbocycles. The standard InChI is InChI=1S/C21H21Cl2N3O/c1-13-10-18(15(3)26(13)12-17-6-4-5-9-24-17)21(27)25-14(2)16-7-8-19(22)20(23)11-16/h4-11,14H,12H2,1-3H3,(H,25,27). The summed E-state index contributed by atoms with van der Waals surface area (Å²) in [7, 11) is 0. The zero-order valence-corrected chi connectivity index (χ0v) is 17.0. The van der Waals surface area contributed by atoms with E-state index in [1.807, 2.05) is 51.1 Å². The Kier molecular flexibility index (Phi) is 5.88. The van der Waals surface area contributed by atoms with Crippen LogP contribution in [-0.4, -0.2) is 15.5 Å². The van der Waals surface area contributed by atoms with Gasteiger partial charge in [-0.25, -0.2) is 0 Å². The summed E-state index contributed by atoms with van der Waals surface area (Å²) in [5.41, 5.74) is 4.45. The lowest BCUT2D eigenvalue weighted by molar-refractivity contribution is 0.0939. The van der Waals surface area contributed by atoms with Gasteiger partial charge in [-0.3, -0.25) is 9.78 Å². The number of nitrogens with one attached hydrogen (secondary N) is 1. The fourth-order valence-corrected chi connectivity index (χ4v) is 3.37. The SMILES string of the molecule is Cc1cc(C(=O)NC(C)c2ccc(Cl)c(Cl)c2)c(C)n1Cc1ccccn1. The van der Waals surface area contributed by atoms with Gasteiger partial charge in [-0.05, 0) is 56.7 Å². The van der Waals surface area contributed by atoms with E-state index in [0.717, 1.165) is 22.6 Å². The van der Waals surface area contributed by atoms with Crippen LogP contribution < -0.4 is 5.32 Å². The van der Waals surface area contributed by atoms with Gasteiger partial charge in [0.05, 0.1) is 33.9 Å². The Labute approximate surface area is 169 Å². The Morgan fingerprint density at radius 1 is 1.15 bits per heavy atom. The van der Waals surface area contributed by atoms with Gasteiger partial charge in [0.1, 0.15) is 0 Å². The van der Waals surface area contributed by atoms with Gasteiger partial charge in [-0.1, -0.05) is 35.3 Å². The molecule has 3 aromatic rings. The molecule has 0 bridgehead atoms. The van der Waals surface area contributed by atoms with Crippen LogP contribution in [0.15, 0.2) is 48.7 Å². The summed E-state index contributed by atoms with van der Waals surface area (Å²) in [5.74, 6) is -0.117. The van der Waals surface area contributed by atoms with Crippen LogP contribution in [-0.2, 0) is 6.54 Å². The molecule has 0 spiro atoms. The maximum Gasteiger partial charge on any atom is 0.253 e. The van der Waals surface area contributed by atoms with E-state index in [9.17, 15) is 4.79 Å². The van der Waals surface area contributed by atoms with Gasteiger partial charge in [0.25, 0.3) is 5.91 Å². The van der Waals surface area contributed by atoms with Crippen molar-refractivity contribution in [2.75, 3.05) is 0 Å². The summed E-state index contributed by atoms with van der Waals surface area (Å²) in [6, 6.07) is 12.9. The highest BCUT2D eigenvalue weighted by atomic mass is 35.5. The molecule has 1 atom stereocenters. The number of rotatable bonds is 5. The van der Waals surface area contributed by atoms with Crippen molar-refractivity contribution >= 4 is 29.1 Å². The number of aryl methyl sites for hydroxylation is 1. The number of carbonyl (C=O) groups excluding carboxylic acids is 1. The van der Waals surface area contributed by atoms with E-state index in [1.165, 1.54) is 0 Å². The Balaban J connectivity index is 1.78. The van der Waals surface area contributed by atoms with E-state index in [1.54, 1.807) is 18.3 Å². The van der Waals surface area contributed by atoms with Crippen molar-refractivity contribution in [1.29, 1.82) is 0 Å². The number of nitrogens with zero attached hydrogens (tertiary/aromatic N) is 2. The molecule has 6 heteroatoms. The van der Waals surface area contributed by atoms with Crippen molar-refractivity contribution < 1.29 is 4.79 Å². The van der Waals surface area contributed by atoms with Crippen LogP contribution in [0.1, 0.15) is 46.0 Å². The van der Waals surface area contributed by atoms with E-state index in [-0.39, 0.29) is 11.9 Å². The fourth-order valence-electron chi connectivity index (χ4n) is 3.07. The maximum absolute atomic E-state index is 12.8. The minimum absolute atomic E-state index is 0.117. The Morgan fingerprint density at radius 3 is 2.59 bits per heavy atom. The molecule has 1 N–H and O–H groups in total. The third-order valence-electron chi connectivity index (χ3n) is 4.66. The molecule has 1 amide bonds. The molecule has 0 saturated heterocycles. The molecule has 1 aromatic carbocycles. The van der Waals surface area contributed by atoms with Gasteiger partial charge in [0.15, 0.2) is 0 Å². The molecule has 0 fully saturated rings. The lowest BCUT2D eigenvalue weighted by atomic mass is 10.1. The Hall–Kier alpha value is -2.30. The predicted molar refractivity (Wildman–Crippen MR) is 110 cm³/mol. The van der Waals surface area contributed by atoms with Crippen molar-refractivity contribution in [3.8, 4) is 0 Å². The first-order chi connectivity index (χ1) is 12.9. The van der Waals surface area contributed by atoms with Crippen molar-refractivity contribution in [1.82, 2.24) is 14.9 Å². The molecule has 0 aliphatic heterocycles. The smallest absolute Gasteiger partial charge is 0.253 e. The predicted octanol–water partition coefficient (Wildman–Crippen LogP) is 5.35. The van der Waals surface area contributed by atoms with Gasteiger partial charge in [-0.15, -0.1) is 0 Å². The van der Waals surface area contributed by atoms with Gasteiger partial charge >= 0.3 is 0 Å². The first-order valence-electron chi connectivity index (χ1n) is 8.69. The van der Waals surface area contributed by atoms with Gasteiger partial charge in [0.2, 0.25) is 0 Å². The second-order valence-electron chi connectivity index (χ2n) is 6.56. The number of aromatic nitrogens is 2.